The van der Waals surface area contributed by atoms with Gasteiger partial charge in [0.05, 0.1) is 20.1 Å². The molecule has 0 heterocycles. The summed E-state index contributed by atoms with van der Waals surface area (Å²) in [4.78, 5) is 0. The second-order valence-corrected chi connectivity index (χ2v) is 12.3. The lowest BCUT2D eigenvalue weighted by atomic mass is 10.3. The average Bonchev–Trinajstić information content (AvgIpc) is 2.06. The van der Waals surface area contributed by atoms with Crippen LogP contribution in [0.1, 0.15) is 0 Å². The molecule has 0 saturated carbocycles. The van der Waals surface area contributed by atoms with Crippen LogP contribution in [0, 0.1) is 0 Å². The molecule has 0 bridgehead atoms. The van der Waals surface area contributed by atoms with E-state index in [1.165, 1.54) is 6.07 Å². The van der Waals surface area contributed by atoms with Gasteiger partial charge >= 0.3 is 6.00 Å². The molecule has 14 heavy (non-hydrogen) atoms. The van der Waals surface area contributed by atoms with Crippen molar-refractivity contribution >= 4 is 90.8 Å². The van der Waals surface area contributed by atoms with E-state index >= 15 is 0 Å². The maximum atomic E-state index is 5.86. The Kier molecular flexibility index (Phi) is 4.60. The third kappa shape index (κ3) is 2.77. The van der Waals surface area contributed by atoms with Gasteiger partial charge < -0.3 is 0 Å². The molecule has 0 unspecified atom stereocenters. The van der Waals surface area contributed by atoms with Crippen molar-refractivity contribution in [1.29, 1.82) is 0 Å². The molecule has 0 aliphatic rings. The second-order valence-electron chi connectivity index (χ2n) is 2.35. The van der Waals surface area contributed by atoms with Crippen molar-refractivity contribution in [3.8, 4) is 0 Å². The number of hydrogen-bond donors (Lipinski definition) is 0. The highest BCUT2D eigenvalue weighted by Gasteiger charge is 2.33. The summed E-state index contributed by atoms with van der Waals surface area (Å²) in [6.07, 6.45) is 0. The van der Waals surface area contributed by atoms with Crippen LogP contribution < -0.4 is 5.19 Å². The molecule has 0 radical (unpaired) electrons. The quantitative estimate of drug-likeness (QED) is 0.284. The zero-order valence-electron chi connectivity index (χ0n) is 6.22. The number of halogens is 7. The first kappa shape index (κ1) is 13.5. The van der Waals surface area contributed by atoms with Gasteiger partial charge in [-0.15, -0.1) is 33.2 Å². The Balaban J connectivity index is 3.49. The third-order valence-electron chi connectivity index (χ3n) is 1.41. The first-order valence-electron chi connectivity index (χ1n) is 3.15. The highest BCUT2D eigenvalue weighted by Crippen LogP contribution is 2.37. The smallest absolute Gasteiger partial charge is 0.121 e. The van der Waals surface area contributed by atoms with E-state index in [2.05, 4.69) is 0 Å². The van der Waals surface area contributed by atoms with Crippen LogP contribution in [-0.4, -0.2) is 6.00 Å². The minimum absolute atomic E-state index is 0.106. The normalized spacial score (nSPS) is 11.9. The van der Waals surface area contributed by atoms with Gasteiger partial charge in [-0.05, 0) is 6.07 Å². The van der Waals surface area contributed by atoms with Gasteiger partial charge in [0.1, 0.15) is 0 Å². The molecule has 1 aromatic carbocycles. The Morgan fingerprint density at radius 2 is 1.29 bits per heavy atom. The fraction of sp³-hybridized carbons (Fsp3) is 0. The van der Waals surface area contributed by atoms with Gasteiger partial charge in [-0.25, -0.2) is 0 Å². The third-order valence-corrected chi connectivity index (χ3v) is 6.16. The number of hydrogen-bond acceptors (Lipinski definition) is 0. The van der Waals surface area contributed by atoms with Gasteiger partial charge in [0.15, 0.2) is 0 Å². The Labute approximate surface area is 116 Å². The van der Waals surface area contributed by atoms with Crippen LogP contribution in [0.3, 0.4) is 0 Å². The van der Waals surface area contributed by atoms with Gasteiger partial charge in [-0.3, -0.25) is 0 Å². The van der Waals surface area contributed by atoms with E-state index < -0.39 is 6.00 Å². The maximum Gasteiger partial charge on any atom is 0.374 e. The Hall–Kier alpha value is 1.47. The molecular weight excluding hydrogens is 348 g/mol. The lowest BCUT2D eigenvalue weighted by Gasteiger charge is -2.13. The molecule has 1 aromatic rings. The van der Waals surface area contributed by atoms with E-state index in [0.29, 0.717) is 5.19 Å². The lowest BCUT2D eigenvalue weighted by Crippen LogP contribution is -2.31. The zero-order chi connectivity index (χ0) is 11.1. The summed E-state index contributed by atoms with van der Waals surface area (Å²) in [7, 11) is 0. The Morgan fingerprint density at radius 3 is 1.71 bits per heavy atom. The highest BCUT2D eigenvalue weighted by molar-refractivity contribution is 7.69. The van der Waals surface area contributed by atoms with Gasteiger partial charge in [0, 0.05) is 5.19 Å². The van der Waals surface area contributed by atoms with Crippen LogP contribution in [0.2, 0.25) is 20.1 Å². The summed E-state index contributed by atoms with van der Waals surface area (Å²) in [6, 6.07) is -1.68. The van der Waals surface area contributed by atoms with Crippen molar-refractivity contribution in [2.24, 2.45) is 0 Å². The fourth-order valence-electron chi connectivity index (χ4n) is 0.779. The van der Waals surface area contributed by atoms with Crippen molar-refractivity contribution in [3.05, 3.63) is 26.2 Å². The summed E-state index contributed by atoms with van der Waals surface area (Å²) in [6.45, 7) is 0. The SMILES string of the molecule is Clc1cc([Si](Cl)(Cl)Cl)c(Cl)c(Cl)c1Cl. The van der Waals surface area contributed by atoms with Crippen molar-refractivity contribution in [2.45, 2.75) is 0 Å². The maximum absolute atomic E-state index is 5.86. The van der Waals surface area contributed by atoms with Crippen LogP contribution in [0.4, 0.5) is 0 Å². The predicted molar refractivity (Wildman–Crippen MR) is 69.4 cm³/mol. The number of benzene rings is 1. The first-order valence-corrected chi connectivity index (χ1v) is 9.70. The van der Waals surface area contributed by atoms with Crippen LogP contribution in [0.25, 0.3) is 0 Å². The van der Waals surface area contributed by atoms with E-state index in [0.717, 1.165) is 0 Å². The van der Waals surface area contributed by atoms with Crippen LogP contribution in [0.15, 0.2) is 6.07 Å². The van der Waals surface area contributed by atoms with Gasteiger partial charge in [-0.2, -0.15) is 0 Å². The van der Waals surface area contributed by atoms with E-state index in [-0.39, 0.29) is 20.1 Å². The minimum atomic E-state index is -3.11. The summed E-state index contributed by atoms with van der Waals surface area (Å²) < 4.78 is 0. The van der Waals surface area contributed by atoms with E-state index in [9.17, 15) is 0 Å². The van der Waals surface area contributed by atoms with Gasteiger partial charge in [0.25, 0.3) is 0 Å². The van der Waals surface area contributed by atoms with E-state index in [1.807, 2.05) is 0 Å². The molecule has 0 N–H and O–H groups in total. The Morgan fingerprint density at radius 1 is 0.786 bits per heavy atom. The summed E-state index contributed by atoms with van der Waals surface area (Å²) in [5.41, 5.74) is 0. The molecule has 0 atom stereocenters. The van der Waals surface area contributed by atoms with Crippen molar-refractivity contribution in [2.75, 3.05) is 0 Å². The second kappa shape index (κ2) is 4.76. The molecule has 0 amide bonds. The molecule has 8 heteroatoms. The minimum Gasteiger partial charge on any atom is -0.121 e. The molecular formula is C6HCl7Si. The monoisotopic (exact) mass is 346 g/mol. The molecule has 0 aliphatic heterocycles. The average molecular weight is 349 g/mol. The topological polar surface area (TPSA) is 0 Å². The molecule has 78 valence electrons. The van der Waals surface area contributed by atoms with E-state index in [1.54, 1.807) is 0 Å². The molecule has 0 aromatic heterocycles. The molecule has 0 aliphatic carbocycles. The molecule has 0 spiro atoms. The van der Waals surface area contributed by atoms with Gasteiger partial charge in [0.2, 0.25) is 0 Å². The Bertz CT molecular complexity index is 369. The highest BCUT2D eigenvalue weighted by atomic mass is 35.8. The fourth-order valence-corrected chi connectivity index (χ4v) is 4.64. The number of rotatable bonds is 1. The summed E-state index contributed by atoms with van der Waals surface area (Å²) in [5, 5.41) is 0.964. The molecule has 1 rings (SSSR count). The van der Waals surface area contributed by atoms with Crippen LogP contribution in [-0.2, 0) is 0 Å². The predicted octanol–water partition coefficient (Wildman–Crippen LogP) is 5.16. The first-order chi connectivity index (χ1) is 6.25. The molecule has 0 saturated heterocycles. The summed E-state index contributed by atoms with van der Waals surface area (Å²) >= 11 is 40.5. The van der Waals surface area contributed by atoms with Crippen LogP contribution >= 0.6 is 79.6 Å². The zero-order valence-corrected chi connectivity index (χ0v) is 12.5. The lowest BCUT2D eigenvalue weighted by molar-refractivity contribution is 1.75. The standard InChI is InChI=1S/C6HCl7Si/c7-2-1-3(14(11,12)13)5(9)6(10)4(2)8/h1H. The molecule has 0 fully saturated rings. The van der Waals surface area contributed by atoms with Gasteiger partial charge in [-0.1, -0.05) is 46.4 Å². The van der Waals surface area contributed by atoms with Crippen molar-refractivity contribution in [1.82, 2.24) is 0 Å². The van der Waals surface area contributed by atoms with E-state index in [4.69, 9.17) is 79.6 Å². The molecule has 0 nitrogen and oxygen atoms in total. The van der Waals surface area contributed by atoms with Crippen LogP contribution in [0.5, 0.6) is 0 Å². The van der Waals surface area contributed by atoms with Crippen molar-refractivity contribution < 1.29 is 0 Å². The van der Waals surface area contributed by atoms with Crippen molar-refractivity contribution in [3.63, 3.8) is 0 Å². The summed E-state index contributed by atoms with van der Waals surface area (Å²) in [5.74, 6) is 0. The largest absolute Gasteiger partial charge is 0.374 e.